The number of nitrogens with two attached hydrogens (primary N) is 1. The third-order valence-electron chi connectivity index (χ3n) is 2.67. The maximum Gasteiger partial charge on any atom is 0.240 e. The molecule has 0 saturated carbocycles. The summed E-state index contributed by atoms with van der Waals surface area (Å²) in [5.41, 5.74) is 2.50. The van der Waals surface area contributed by atoms with E-state index in [1.54, 1.807) is 22.2 Å². The topological polar surface area (TPSA) is 81.7 Å². The second-order valence-electron chi connectivity index (χ2n) is 3.90. The highest BCUT2D eigenvalue weighted by atomic mass is 127. The Morgan fingerprint density at radius 2 is 2.32 bits per heavy atom. The second kappa shape index (κ2) is 5.02. The van der Waals surface area contributed by atoms with E-state index in [0.717, 1.165) is 26.0 Å². The van der Waals surface area contributed by atoms with Gasteiger partial charge in [0.15, 0.2) is 5.82 Å². The molecule has 0 radical (unpaired) electrons. The van der Waals surface area contributed by atoms with Crippen LogP contribution in [0.25, 0.3) is 16.0 Å². The van der Waals surface area contributed by atoms with Crippen molar-refractivity contribution in [3.8, 4) is 5.82 Å². The molecule has 8 heteroatoms. The summed E-state index contributed by atoms with van der Waals surface area (Å²) in [6, 6.07) is 2.12. The van der Waals surface area contributed by atoms with E-state index >= 15 is 0 Å². The van der Waals surface area contributed by atoms with Gasteiger partial charge < -0.3 is 0 Å². The Hall–Kier alpha value is -1.26. The van der Waals surface area contributed by atoms with Crippen molar-refractivity contribution in [2.75, 3.05) is 5.43 Å². The number of thiophene rings is 1. The van der Waals surface area contributed by atoms with Crippen LogP contribution in [0.3, 0.4) is 0 Å². The van der Waals surface area contributed by atoms with Crippen LogP contribution in [-0.2, 0) is 6.42 Å². The molecule has 0 saturated heterocycles. The highest BCUT2D eigenvalue weighted by Gasteiger charge is 2.13. The molecular formula is C11H11IN6S. The van der Waals surface area contributed by atoms with E-state index in [4.69, 9.17) is 5.84 Å². The molecule has 0 aromatic carbocycles. The highest BCUT2D eigenvalue weighted by Crippen LogP contribution is 2.29. The lowest BCUT2D eigenvalue weighted by Gasteiger charge is -2.04. The number of aromatic nitrogens is 4. The van der Waals surface area contributed by atoms with Crippen LogP contribution in [0.2, 0.25) is 0 Å². The number of hydrogen-bond donors (Lipinski definition) is 2. The van der Waals surface area contributed by atoms with Crippen molar-refractivity contribution in [3.63, 3.8) is 0 Å². The van der Waals surface area contributed by atoms with Crippen molar-refractivity contribution in [3.05, 3.63) is 26.9 Å². The van der Waals surface area contributed by atoms with E-state index in [-0.39, 0.29) is 0 Å². The van der Waals surface area contributed by atoms with Crippen molar-refractivity contribution in [2.45, 2.75) is 13.3 Å². The molecule has 0 bridgehead atoms. The normalized spacial score (nSPS) is 11.1. The Morgan fingerprint density at radius 1 is 1.47 bits per heavy atom. The summed E-state index contributed by atoms with van der Waals surface area (Å²) in [6.45, 7) is 2.12. The number of aryl methyl sites for hydroxylation is 1. The zero-order chi connectivity index (χ0) is 13.4. The fraction of sp³-hybridized carbons (Fsp3) is 0.182. The minimum absolute atomic E-state index is 0.400. The predicted molar refractivity (Wildman–Crippen MR) is 84.4 cm³/mol. The average molecular weight is 386 g/mol. The number of anilines is 1. The number of nitrogen functional groups attached to an aromatic ring is 1. The first kappa shape index (κ1) is 12.8. The van der Waals surface area contributed by atoms with Crippen molar-refractivity contribution in [1.82, 2.24) is 19.7 Å². The number of hydrazine groups is 1. The van der Waals surface area contributed by atoms with Crippen molar-refractivity contribution in [1.29, 1.82) is 0 Å². The first-order valence-electron chi connectivity index (χ1n) is 5.69. The first-order chi connectivity index (χ1) is 9.21. The summed E-state index contributed by atoms with van der Waals surface area (Å²) in [4.78, 5) is 11.0. The Labute approximate surface area is 127 Å². The van der Waals surface area contributed by atoms with E-state index in [1.165, 1.54) is 4.88 Å². The summed E-state index contributed by atoms with van der Waals surface area (Å²) >= 11 is 3.87. The standard InChI is InChI=1S/C11H11IN6S/c1-2-7-3-8-9(18-5-6(12)4-14-18)15-11(17-13)16-10(8)19-7/h3-5H,2,13H2,1H3,(H,15,16,17). The summed E-state index contributed by atoms with van der Waals surface area (Å²) in [6.07, 6.45) is 4.69. The van der Waals surface area contributed by atoms with Crippen LogP contribution in [-0.4, -0.2) is 19.7 Å². The SMILES string of the molecule is CCc1cc2c(-n3cc(I)cn3)nc(NN)nc2s1. The molecule has 19 heavy (non-hydrogen) atoms. The summed E-state index contributed by atoms with van der Waals surface area (Å²) in [5, 5.41) is 5.30. The Bertz CT molecular complexity index is 734. The van der Waals surface area contributed by atoms with Gasteiger partial charge in [-0.25, -0.2) is 15.5 Å². The molecule has 0 aliphatic rings. The van der Waals surface area contributed by atoms with Crippen LogP contribution in [0.4, 0.5) is 5.95 Å². The van der Waals surface area contributed by atoms with E-state index in [1.807, 2.05) is 6.20 Å². The van der Waals surface area contributed by atoms with E-state index in [9.17, 15) is 0 Å². The van der Waals surface area contributed by atoms with Crippen LogP contribution in [0.1, 0.15) is 11.8 Å². The largest absolute Gasteiger partial charge is 0.292 e. The fourth-order valence-corrected chi connectivity index (χ4v) is 3.14. The zero-order valence-electron chi connectivity index (χ0n) is 10.1. The van der Waals surface area contributed by atoms with Gasteiger partial charge in [0.2, 0.25) is 5.95 Å². The Balaban J connectivity index is 2.28. The number of rotatable bonds is 3. The molecule has 3 heterocycles. The molecule has 0 aliphatic carbocycles. The minimum Gasteiger partial charge on any atom is -0.292 e. The van der Waals surface area contributed by atoms with Crippen LogP contribution < -0.4 is 11.3 Å². The summed E-state index contributed by atoms with van der Waals surface area (Å²) in [5.74, 6) is 6.58. The molecule has 0 unspecified atom stereocenters. The van der Waals surface area contributed by atoms with Crippen molar-refractivity contribution in [2.24, 2.45) is 5.84 Å². The molecule has 0 aliphatic heterocycles. The lowest BCUT2D eigenvalue weighted by Crippen LogP contribution is -2.12. The van der Waals surface area contributed by atoms with Crippen LogP contribution in [0.5, 0.6) is 0 Å². The molecule has 3 aromatic rings. The first-order valence-corrected chi connectivity index (χ1v) is 7.58. The van der Waals surface area contributed by atoms with Gasteiger partial charge in [-0.2, -0.15) is 10.1 Å². The van der Waals surface area contributed by atoms with Gasteiger partial charge >= 0.3 is 0 Å². The number of hydrogen-bond acceptors (Lipinski definition) is 6. The number of nitrogens with one attached hydrogen (secondary N) is 1. The number of nitrogens with zero attached hydrogens (tertiary/aromatic N) is 4. The van der Waals surface area contributed by atoms with Gasteiger partial charge in [0.1, 0.15) is 4.83 Å². The number of fused-ring (bicyclic) bond motifs is 1. The third kappa shape index (κ3) is 2.30. The third-order valence-corrected chi connectivity index (χ3v) is 4.40. The van der Waals surface area contributed by atoms with Gasteiger partial charge in [0.25, 0.3) is 0 Å². The van der Waals surface area contributed by atoms with E-state index in [2.05, 4.69) is 56.1 Å². The zero-order valence-corrected chi connectivity index (χ0v) is 13.1. The molecule has 0 amide bonds. The van der Waals surface area contributed by atoms with Gasteiger partial charge in [-0.15, -0.1) is 11.3 Å². The van der Waals surface area contributed by atoms with Gasteiger partial charge in [0, 0.05) is 11.1 Å². The minimum atomic E-state index is 0.400. The molecule has 0 fully saturated rings. The fourth-order valence-electron chi connectivity index (χ4n) is 1.79. The van der Waals surface area contributed by atoms with Crippen molar-refractivity contribution < 1.29 is 0 Å². The monoisotopic (exact) mass is 386 g/mol. The molecule has 3 N–H and O–H groups in total. The second-order valence-corrected chi connectivity index (χ2v) is 6.26. The number of halogens is 1. The molecule has 6 nitrogen and oxygen atoms in total. The lowest BCUT2D eigenvalue weighted by atomic mass is 10.3. The highest BCUT2D eigenvalue weighted by molar-refractivity contribution is 14.1. The summed E-state index contributed by atoms with van der Waals surface area (Å²) < 4.78 is 2.80. The Morgan fingerprint density at radius 3 is 2.95 bits per heavy atom. The van der Waals surface area contributed by atoms with Crippen molar-refractivity contribution >= 4 is 50.1 Å². The molecular weight excluding hydrogens is 375 g/mol. The maximum atomic E-state index is 5.43. The Kier molecular flexibility index (Phi) is 3.37. The smallest absolute Gasteiger partial charge is 0.240 e. The van der Waals surface area contributed by atoms with E-state index in [0.29, 0.717) is 5.95 Å². The van der Waals surface area contributed by atoms with Crippen LogP contribution in [0, 0.1) is 3.57 Å². The van der Waals surface area contributed by atoms with Crippen LogP contribution in [0.15, 0.2) is 18.5 Å². The van der Waals surface area contributed by atoms with Crippen LogP contribution >= 0.6 is 33.9 Å². The predicted octanol–water partition coefficient (Wildman–Crippen LogP) is 2.33. The molecule has 3 aromatic heterocycles. The van der Waals surface area contributed by atoms with Gasteiger partial charge in [0.05, 0.1) is 15.2 Å². The quantitative estimate of drug-likeness (QED) is 0.410. The average Bonchev–Trinajstić information content (AvgIpc) is 3.02. The molecule has 3 rings (SSSR count). The van der Waals surface area contributed by atoms with E-state index < -0.39 is 0 Å². The maximum absolute atomic E-state index is 5.43. The molecule has 0 atom stereocenters. The van der Waals surface area contributed by atoms with Gasteiger partial charge in [-0.05, 0) is 35.1 Å². The molecule has 98 valence electrons. The van der Waals surface area contributed by atoms with Gasteiger partial charge in [-0.3, -0.25) is 5.43 Å². The van der Waals surface area contributed by atoms with Gasteiger partial charge in [-0.1, -0.05) is 6.92 Å². The summed E-state index contributed by atoms with van der Waals surface area (Å²) in [7, 11) is 0. The lowest BCUT2D eigenvalue weighted by molar-refractivity contribution is 0.851. The molecule has 0 spiro atoms.